The first kappa shape index (κ1) is 19.5. The number of hydrogen-bond acceptors (Lipinski definition) is 4. The summed E-state index contributed by atoms with van der Waals surface area (Å²) in [6, 6.07) is 0.220. The average molecular weight is 328 g/mol. The lowest BCUT2D eigenvalue weighted by atomic mass is 10.1. The monoisotopic (exact) mass is 328 g/mol. The molecule has 0 unspecified atom stereocenters. The first-order valence-corrected chi connectivity index (χ1v) is 8.38. The van der Waals surface area contributed by atoms with Crippen molar-refractivity contribution in [2.24, 2.45) is 4.99 Å². The van der Waals surface area contributed by atoms with Crippen LogP contribution in [0.25, 0.3) is 0 Å². The van der Waals surface area contributed by atoms with Gasteiger partial charge in [-0.2, -0.15) is 0 Å². The van der Waals surface area contributed by atoms with E-state index in [1.54, 1.807) is 11.9 Å². The second-order valence-electron chi connectivity index (χ2n) is 6.63. The molecule has 1 saturated heterocycles. The molecule has 7 nitrogen and oxygen atoms in total. The first-order valence-electron chi connectivity index (χ1n) is 8.38. The maximum atomic E-state index is 11.9. The number of unbranched alkanes of at least 4 members (excludes halogenated alkanes) is 1. The van der Waals surface area contributed by atoms with Crippen molar-refractivity contribution in [3.8, 4) is 0 Å². The summed E-state index contributed by atoms with van der Waals surface area (Å²) >= 11 is 0. The fourth-order valence-corrected chi connectivity index (χ4v) is 2.11. The maximum Gasteiger partial charge on any atom is 0.410 e. The Bertz CT molecular complexity index is 387. The van der Waals surface area contributed by atoms with Crippen LogP contribution in [0.15, 0.2) is 4.99 Å². The van der Waals surface area contributed by atoms with Crippen LogP contribution in [0.1, 0.15) is 40.5 Å². The summed E-state index contributed by atoms with van der Waals surface area (Å²) in [6.07, 6.45) is 1.82. The predicted molar refractivity (Wildman–Crippen MR) is 91.8 cm³/mol. The van der Waals surface area contributed by atoms with Crippen LogP contribution < -0.4 is 10.6 Å². The molecule has 0 atom stereocenters. The number of rotatable bonds is 7. The summed E-state index contributed by atoms with van der Waals surface area (Å²) in [7, 11) is 1.75. The van der Waals surface area contributed by atoms with E-state index >= 15 is 0 Å². The van der Waals surface area contributed by atoms with Gasteiger partial charge in [0.1, 0.15) is 5.60 Å². The molecule has 0 spiro atoms. The van der Waals surface area contributed by atoms with E-state index in [1.165, 1.54) is 0 Å². The van der Waals surface area contributed by atoms with Gasteiger partial charge in [-0.05, 0) is 40.5 Å². The molecule has 1 amide bonds. The third kappa shape index (κ3) is 8.06. The molecule has 0 aliphatic carbocycles. The predicted octanol–water partition coefficient (Wildman–Crippen LogP) is 1.59. The lowest BCUT2D eigenvalue weighted by Gasteiger charge is -2.40. The van der Waals surface area contributed by atoms with Gasteiger partial charge in [-0.3, -0.25) is 4.99 Å². The van der Waals surface area contributed by atoms with Crippen molar-refractivity contribution in [1.82, 2.24) is 15.5 Å². The van der Waals surface area contributed by atoms with Crippen molar-refractivity contribution in [2.45, 2.75) is 52.2 Å². The molecule has 1 rings (SSSR count). The Kier molecular flexibility index (Phi) is 8.16. The van der Waals surface area contributed by atoms with Crippen LogP contribution >= 0.6 is 0 Å². The van der Waals surface area contributed by atoms with Gasteiger partial charge in [-0.15, -0.1) is 0 Å². The number of likely N-dealkylation sites (tertiary alicyclic amines) is 1. The van der Waals surface area contributed by atoms with E-state index in [-0.39, 0.29) is 12.1 Å². The van der Waals surface area contributed by atoms with Gasteiger partial charge in [0, 0.05) is 39.9 Å². The molecule has 23 heavy (non-hydrogen) atoms. The zero-order chi connectivity index (χ0) is 17.3. The van der Waals surface area contributed by atoms with E-state index in [2.05, 4.69) is 15.6 Å². The van der Waals surface area contributed by atoms with Crippen LogP contribution in [-0.2, 0) is 9.47 Å². The van der Waals surface area contributed by atoms with E-state index in [0.29, 0.717) is 13.1 Å². The lowest BCUT2D eigenvalue weighted by molar-refractivity contribution is 0.00701. The van der Waals surface area contributed by atoms with Crippen molar-refractivity contribution >= 4 is 12.1 Å². The molecule has 0 aromatic carbocycles. The quantitative estimate of drug-likeness (QED) is 0.422. The summed E-state index contributed by atoms with van der Waals surface area (Å²) in [6.45, 7) is 11.3. The SMILES string of the molecule is CCOCCCCNC(=NC)NC1CN(C(=O)OC(C)(C)C)C1. The van der Waals surface area contributed by atoms with Gasteiger partial charge in [-0.1, -0.05) is 0 Å². The molecule has 2 N–H and O–H groups in total. The molecule has 0 bridgehead atoms. The van der Waals surface area contributed by atoms with E-state index < -0.39 is 5.60 Å². The minimum absolute atomic E-state index is 0.220. The number of carbonyl (C=O) groups excluding carboxylic acids is 1. The van der Waals surface area contributed by atoms with Gasteiger partial charge in [0.2, 0.25) is 0 Å². The van der Waals surface area contributed by atoms with Crippen molar-refractivity contribution in [3.63, 3.8) is 0 Å². The molecule has 1 heterocycles. The molecular formula is C16H32N4O3. The lowest BCUT2D eigenvalue weighted by Crippen LogP contribution is -2.63. The summed E-state index contributed by atoms with van der Waals surface area (Å²) < 4.78 is 10.6. The molecule has 0 aromatic heterocycles. The van der Waals surface area contributed by atoms with Crippen LogP contribution in [0.3, 0.4) is 0 Å². The second kappa shape index (κ2) is 9.60. The van der Waals surface area contributed by atoms with Crippen LogP contribution in [0.5, 0.6) is 0 Å². The second-order valence-corrected chi connectivity index (χ2v) is 6.63. The first-order chi connectivity index (χ1) is 10.9. The van der Waals surface area contributed by atoms with Crippen LogP contribution in [-0.4, -0.2) is 68.5 Å². The minimum atomic E-state index is -0.450. The topological polar surface area (TPSA) is 75.2 Å². The fourth-order valence-electron chi connectivity index (χ4n) is 2.11. The summed E-state index contributed by atoms with van der Waals surface area (Å²) in [4.78, 5) is 17.8. The highest BCUT2D eigenvalue weighted by Crippen LogP contribution is 2.15. The van der Waals surface area contributed by atoms with Gasteiger partial charge >= 0.3 is 6.09 Å². The number of nitrogens with one attached hydrogen (secondary N) is 2. The Morgan fingerprint density at radius 3 is 2.57 bits per heavy atom. The van der Waals surface area contributed by atoms with E-state index in [9.17, 15) is 4.79 Å². The Hall–Kier alpha value is -1.50. The zero-order valence-corrected chi connectivity index (χ0v) is 15.1. The highest BCUT2D eigenvalue weighted by atomic mass is 16.6. The van der Waals surface area contributed by atoms with E-state index in [4.69, 9.17) is 9.47 Å². The molecule has 0 radical (unpaired) electrons. The Labute approximate surface area is 139 Å². The number of guanidine groups is 1. The van der Waals surface area contributed by atoms with Crippen molar-refractivity contribution in [3.05, 3.63) is 0 Å². The van der Waals surface area contributed by atoms with Gasteiger partial charge < -0.3 is 25.0 Å². The molecular weight excluding hydrogens is 296 g/mol. The number of hydrogen-bond donors (Lipinski definition) is 2. The Morgan fingerprint density at radius 1 is 1.30 bits per heavy atom. The van der Waals surface area contributed by atoms with Gasteiger partial charge in [0.15, 0.2) is 5.96 Å². The number of nitrogens with zero attached hydrogens (tertiary/aromatic N) is 2. The molecule has 0 saturated carbocycles. The maximum absolute atomic E-state index is 11.9. The summed E-state index contributed by atoms with van der Waals surface area (Å²) in [5.41, 5.74) is -0.450. The normalized spacial score (nSPS) is 16.0. The molecule has 1 aliphatic heterocycles. The van der Waals surface area contributed by atoms with E-state index in [0.717, 1.165) is 38.6 Å². The third-order valence-electron chi connectivity index (χ3n) is 3.31. The zero-order valence-electron chi connectivity index (χ0n) is 15.1. The highest BCUT2D eigenvalue weighted by Gasteiger charge is 2.34. The summed E-state index contributed by atoms with van der Waals surface area (Å²) in [5.74, 6) is 0.773. The van der Waals surface area contributed by atoms with Crippen molar-refractivity contribution in [2.75, 3.05) is 39.9 Å². The van der Waals surface area contributed by atoms with Gasteiger partial charge in [-0.25, -0.2) is 4.79 Å². The smallest absolute Gasteiger partial charge is 0.410 e. The van der Waals surface area contributed by atoms with Crippen molar-refractivity contribution < 1.29 is 14.3 Å². The highest BCUT2D eigenvalue weighted by molar-refractivity contribution is 5.80. The van der Waals surface area contributed by atoms with Crippen LogP contribution in [0.4, 0.5) is 4.79 Å². The molecule has 0 aromatic rings. The fraction of sp³-hybridized carbons (Fsp3) is 0.875. The number of ether oxygens (including phenoxy) is 2. The molecule has 1 aliphatic rings. The Morgan fingerprint density at radius 2 is 2.00 bits per heavy atom. The number of aliphatic imine (C=N–C) groups is 1. The van der Waals surface area contributed by atoms with Crippen LogP contribution in [0.2, 0.25) is 0 Å². The minimum Gasteiger partial charge on any atom is -0.444 e. The Balaban J connectivity index is 2.15. The summed E-state index contributed by atoms with van der Waals surface area (Å²) in [5, 5.41) is 6.59. The largest absolute Gasteiger partial charge is 0.444 e. The van der Waals surface area contributed by atoms with Crippen molar-refractivity contribution in [1.29, 1.82) is 0 Å². The number of carbonyl (C=O) groups is 1. The van der Waals surface area contributed by atoms with Gasteiger partial charge in [0.25, 0.3) is 0 Å². The van der Waals surface area contributed by atoms with Gasteiger partial charge in [0.05, 0.1) is 6.04 Å². The average Bonchev–Trinajstić information content (AvgIpc) is 2.41. The third-order valence-corrected chi connectivity index (χ3v) is 3.31. The van der Waals surface area contributed by atoms with Crippen LogP contribution in [0, 0.1) is 0 Å². The molecule has 1 fully saturated rings. The molecule has 7 heteroatoms. The molecule has 134 valence electrons. The van der Waals surface area contributed by atoms with E-state index in [1.807, 2.05) is 27.7 Å². The standard InChI is InChI=1S/C16H32N4O3/c1-6-22-10-8-7-9-18-14(17-5)19-13-11-20(12-13)15(21)23-16(2,3)4/h13H,6-12H2,1-5H3,(H2,17,18,19). The number of amides is 1.